The van der Waals surface area contributed by atoms with Gasteiger partial charge in [0.15, 0.2) is 0 Å². The van der Waals surface area contributed by atoms with E-state index in [0.29, 0.717) is 11.5 Å². The number of nitrogens with one attached hydrogen (secondary N) is 1. The Morgan fingerprint density at radius 1 is 1.00 bits per heavy atom. The molecule has 0 heterocycles. The minimum absolute atomic E-state index is 0.257. The van der Waals surface area contributed by atoms with Gasteiger partial charge in [-0.25, -0.2) is 0 Å². The molecule has 0 aromatic heterocycles. The molecule has 0 radical (unpaired) electrons. The number of unbranched alkanes of at least 4 members (excludes halogenated alkanes) is 1. The third kappa shape index (κ3) is 8.15. The quantitative estimate of drug-likeness (QED) is 0.661. The summed E-state index contributed by atoms with van der Waals surface area (Å²) < 4.78 is 0. The summed E-state index contributed by atoms with van der Waals surface area (Å²) >= 11 is 0. The Morgan fingerprint density at radius 3 is 1.94 bits per heavy atom. The molecular weight excluding hydrogens is 194 g/mol. The lowest BCUT2D eigenvalue weighted by atomic mass is 9.81. The standard InChI is InChI=1S/C15H33N/c1-8-10-11-13(9-2)16-15(6,7)12-14(3,4)5/h13,16H,8-12H2,1-7H3. The lowest BCUT2D eigenvalue weighted by molar-refractivity contribution is 0.215. The van der Waals surface area contributed by atoms with Crippen LogP contribution >= 0.6 is 0 Å². The van der Waals surface area contributed by atoms with Gasteiger partial charge in [-0.05, 0) is 38.5 Å². The van der Waals surface area contributed by atoms with Crippen molar-refractivity contribution in [1.29, 1.82) is 0 Å². The summed E-state index contributed by atoms with van der Waals surface area (Å²) in [6, 6.07) is 0.692. The molecule has 1 unspecified atom stereocenters. The third-order valence-electron chi connectivity index (χ3n) is 2.97. The van der Waals surface area contributed by atoms with Crippen molar-refractivity contribution in [3.05, 3.63) is 0 Å². The van der Waals surface area contributed by atoms with Crippen LogP contribution in [0.2, 0.25) is 0 Å². The van der Waals surface area contributed by atoms with Gasteiger partial charge in [-0.1, -0.05) is 47.5 Å². The SMILES string of the molecule is CCCCC(CC)NC(C)(C)CC(C)(C)C. The molecule has 0 fully saturated rings. The second-order valence-electron chi connectivity index (χ2n) is 7.01. The Morgan fingerprint density at radius 2 is 1.56 bits per heavy atom. The van der Waals surface area contributed by atoms with Crippen LogP contribution in [0.1, 0.15) is 80.6 Å². The molecule has 16 heavy (non-hydrogen) atoms. The van der Waals surface area contributed by atoms with Crippen molar-refractivity contribution in [2.45, 2.75) is 92.2 Å². The summed E-state index contributed by atoms with van der Waals surface area (Å²) in [7, 11) is 0. The van der Waals surface area contributed by atoms with Crippen LogP contribution in [0.25, 0.3) is 0 Å². The molecule has 0 spiro atoms. The van der Waals surface area contributed by atoms with E-state index in [1.54, 1.807) is 0 Å². The van der Waals surface area contributed by atoms with E-state index in [2.05, 4.69) is 53.8 Å². The fraction of sp³-hybridized carbons (Fsp3) is 1.00. The molecule has 0 rings (SSSR count). The van der Waals surface area contributed by atoms with Crippen LogP contribution in [-0.4, -0.2) is 11.6 Å². The maximum Gasteiger partial charge on any atom is 0.0132 e. The minimum atomic E-state index is 0.257. The Bertz CT molecular complexity index is 176. The Labute approximate surface area is 103 Å². The molecule has 98 valence electrons. The highest BCUT2D eigenvalue weighted by molar-refractivity contribution is 4.86. The molecule has 0 bridgehead atoms. The van der Waals surface area contributed by atoms with Crippen molar-refractivity contribution in [2.75, 3.05) is 0 Å². The average Bonchev–Trinajstić information content (AvgIpc) is 2.07. The van der Waals surface area contributed by atoms with Gasteiger partial charge in [-0.15, -0.1) is 0 Å². The van der Waals surface area contributed by atoms with E-state index < -0.39 is 0 Å². The monoisotopic (exact) mass is 227 g/mol. The largest absolute Gasteiger partial charge is 0.309 e. The molecule has 0 aliphatic carbocycles. The maximum absolute atomic E-state index is 3.83. The molecule has 0 aliphatic heterocycles. The van der Waals surface area contributed by atoms with Crippen molar-refractivity contribution >= 4 is 0 Å². The molecule has 1 atom stereocenters. The maximum atomic E-state index is 3.83. The summed E-state index contributed by atoms with van der Waals surface area (Å²) in [5.74, 6) is 0. The van der Waals surface area contributed by atoms with Gasteiger partial charge in [-0.2, -0.15) is 0 Å². The van der Waals surface area contributed by atoms with Crippen LogP contribution in [0, 0.1) is 5.41 Å². The first-order valence-corrected chi connectivity index (χ1v) is 6.98. The predicted octanol–water partition coefficient (Wildman–Crippen LogP) is 4.76. The van der Waals surface area contributed by atoms with E-state index in [1.165, 1.54) is 32.1 Å². The average molecular weight is 227 g/mol. The van der Waals surface area contributed by atoms with Gasteiger partial charge in [0.05, 0.1) is 0 Å². The second kappa shape index (κ2) is 6.64. The number of hydrogen-bond acceptors (Lipinski definition) is 1. The normalized spacial score (nSPS) is 15.2. The highest BCUT2D eigenvalue weighted by atomic mass is 15.0. The first kappa shape index (κ1) is 16.0. The minimum Gasteiger partial charge on any atom is -0.309 e. The number of hydrogen-bond donors (Lipinski definition) is 1. The molecule has 1 N–H and O–H groups in total. The van der Waals surface area contributed by atoms with E-state index in [1.807, 2.05) is 0 Å². The Hall–Kier alpha value is -0.0400. The van der Waals surface area contributed by atoms with Gasteiger partial charge in [0.2, 0.25) is 0 Å². The molecule has 1 nitrogen and oxygen atoms in total. The Kier molecular flexibility index (Phi) is 6.62. The van der Waals surface area contributed by atoms with Crippen molar-refractivity contribution < 1.29 is 0 Å². The zero-order chi connectivity index (χ0) is 12.8. The van der Waals surface area contributed by atoms with Gasteiger partial charge in [0, 0.05) is 11.6 Å². The van der Waals surface area contributed by atoms with Gasteiger partial charge < -0.3 is 5.32 Å². The van der Waals surface area contributed by atoms with Crippen LogP contribution in [0.5, 0.6) is 0 Å². The van der Waals surface area contributed by atoms with E-state index in [0.717, 1.165) is 0 Å². The van der Waals surface area contributed by atoms with Gasteiger partial charge >= 0.3 is 0 Å². The molecule has 0 aromatic rings. The molecule has 0 aliphatic rings. The van der Waals surface area contributed by atoms with Crippen molar-refractivity contribution in [1.82, 2.24) is 5.32 Å². The summed E-state index contributed by atoms with van der Waals surface area (Å²) in [5.41, 5.74) is 0.659. The molecule has 0 saturated heterocycles. The van der Waals surface area contributed by atoms with E-state index >= 15 is 0 Å². The first-order valence-electron chi connectivity index (χ1n) is 6.98. The Balaban J connectivity index is 4.19. The lowest BCUT2D eigenvalue weighted by Gasteiger charge is -2.36. The first-order chi connectivity index (χ1) is 7.20. The van der Waals surface area contributed by atoms with Crippen LogP contribution in [0.3, 0.4) is 0 Å². The van der Waals surface area contributed by atoms with Gasteiger partial charge in [-0.3, -0.25) is 0 Å². The van der Waals surface area contributed by atoms with Crippen molar-refractivity contribution in [3.63, 3.8) is 0 Å². The lowest BCUT2D eigenvalue weighted by Crippen LogP contribution is -2.47. The molecule has 0 saturated carbocycles. The second-order valence-corrected chi connectivity index (χ2v) is 7.01. The van der Waals surface area contributed by atoms with Crippen molar-refractivity contribution in [2.24, 2.45) is 5.41 Å². The molecule has 0 aromatic carbocycles. The van der Waals surface area contributed by atoms with Crippen LogP contribution in [-0.2, 0) is 0 Å². The fourth-order valence-electron chi connectivity index (χ4n) is 2.76. The van der Waals surface area contributed by atoms with E-state index in [-0.39, 0.29) is 5.54 Å². The zero-order valence-electron chi connectivity index (χ0n) is 12.6. The highest BCUT2D eigenvalue weighted by Crippen LogP contribution is 2.27. The summed E-state index contributed by atoms with van der Waals surface area (Å²) in [6.45, 7) is 16.2. The molecule has 0 amide bonds. The van der Waals surface area contributed by atoms with Crippen molar-refractivity contribution in [3.8, 4) is 0 Å². The number of rotatable bonds is 7. The topological polar surface area (TPSA) is 12.0 Å². The highest BCUT2D eigenvalue weighted by Gasteiger charge is 2.26. The van der Waals surface area contributed by atoms with Gasteiger partial charge in [0.25, 0.3) is 0 Å². The predicted molar refractivity (Wildman–Crippen MR) is 74.9 cm³/mol. The summed E-state index contributed by atoms with van der Waals surface area (Å²) in [5, 5.41) is 3.83. The van der Waals surface area contributed by atoms with Crippen LogP contribution in [0.4, 0.5) is 0 Å². The molecule has 1 heteroatoms. The van der Waals surface area contributed by atoms with Crippen LogP contribution < -0.4 is 5.32 Å². The zero-order valence-corrected chi connectivity index (χ0v) is 12.6. The van der Waals surface area contributed by atoms with Gasteiger partial charge in [0.1, 0.15) is 0 Å². The molecular formula is C15H33N. The summed E-state index contributed by atoms with van der Waals surface area (Å²) in [4.78, 5) is 0. The van der Waals surface area contributed by atoms with E-state index in [9.17, 15) is 0 Å². The van der Waals surface area contributed by atoms with E-state index in [4.69, 9.17) is 0 Å². The smallest absolute Gasteiger partial charge is 0.0132 e. The fourth-order valence-corrected chi connectivity index (χ4v) is 2.76. The summed E-state index contributed by atoms with van der Waals surface area (Å²) in [6.07, 6.45) is 6.44. The third-order valence-corrected chi connectivity index (χ3v) is 2.97. The van der Waals surface area contributed by atoms with Crippen LogP contribution in [0.15, 0.2) is 0 Å².